The van der Waals surface area contributed by atoms with Crippen molar-refractivity contribution >= 4 is 11.6 Å². The lowest BCUT2D eigenvalue weighted by molar-refractivity contribution is 0.818. The highest BCUT2D eigenvalue weighted by molar-refractivity contribution is 5.48. The molecule has 0 aliphatic carbocycles. The van der Waals surface area contributed by atoms with Crippen molar-refractivity contribution < 1.29 is 0 Å². The highest BCUT2D eigenvalue weighted by Crippen LogP contribution is 2.19. The second-order valence-electron chi connectivity index (χ2n) is 4.98. The number of hydrogen-bond acceptors (Lipinski definition) is 5. The number of rotatable bonds is 7. The molecule has 2 aromatic heterocycles. The van der Waals surface area contributed by atoms with Crippen molar-refractivity contribution in [3.63, 3.8) is 0 Å². The molecule has 2 heterocycles. The summed E-state index contributed by atoms with van der Waals surface area (Å²) in [5, 5.41) is 6.70. The molecule has 1 unspecified atom stereocenters. The molecule has 2 aromatic rings. The third-order valence-electron chi connectivity index (χ3n) is 3.17. The fourth-order valence-electron chi connectivity index (χ4n) is 2.14. The zero-order valence-corrected chi connectivity index (χ0v) is 12.9. The first-order valence-corrected chi connectivity index (χ1v) is 7.51. The standard InChI is InChI=1S/C16H23N5/c1-4-6-14-20-15(18-5-2)11-16(21-14)19-12(3)13-7-9-17-10-8-13/h7-12H,4-6H2,1-3H3,(H2,18,19,20,21). The summed E-state index contributed by atoms with van der Waals surface area (Å²) in [4.78, 5) is 13.2. The molecule has 0 amide bonds. The Balaban J connectivity index is 2.18. The second-order valence-corrected chi connectivity index (χ2v) is 4.98. The van der Waals surface area contributed by atoms with Gasteiger partial charge in [0.2, 0.25) is 0 Å². The summed E-state index contributed by atoms with van der Waals surface area (Å²) in [5.41, 5.74) is 1.19. The lowest BCUT2D eigenvalue weighted by atomic mass is 10.1. The predicted octanol–water partition coefficient (Wildman–Crippen LogP) is 3.43. The van der Waals surface area contributed by atoms with E-state index in [0.29, 0.717) is 0 Å². The molecule has 0 aliphatic heterocycles. The quantitative estimate of drug-likeness (QED) is 0.816. The average Bonchev–Trinajstić information content (AvgIpc) is 2.48. The van der Waals surface area contributed by atoms with Gasteiger partial charge in [0.05, 0.1) is 6.04 Å². The zero-order chi connectivity index (χ0) is 15.1. The molecule has 5 heteroatoms. The molecule has 0 saturated heterocycles. The van der Waals surface area contributed by atoms with E-state index < -0.39 is 0 Å². The van der Waals surface area contributed by atoms with Crippen LogP contribution in [-0.2, 0) is 6.42 Å². The minimum atomic E-state index is 0.173. The number of nitrogens with one attached hydrogen (secondary N) is 2. The van der Waals surface area contributed by atoms with E-state index >= 15 is 0 Å². The molecule has 0 spiro atoms. The summed E-state index contributed by atoms with van der Waals surface area (Å²) < 4.78 is 0. The molecule has 5 nitrogen and oxygen atoms in total. The van der Waals surface area contributed by atoms with Gasteiger partial charge in [-0.05, 0) is 38.0 Å². The van der Waals surface area contributed by atoms with Crippen LogP contribution in [0.15, 0.2) is 30.6 Å². The van der Waals surface area contributed by atoms with Gasteiger partial charge in [-0.25, -0.2) is 9.97 Å². The molecule has 112 valence electrons. The van der Waals surface area contributed by atoms with Crippen LogP contribution in [0.2, 0.25) is 0 Å². The summed E-state index contributed by atoms with van der Waals surface area (Å²) in [6.45, 7) is 7.16. The minimum Gasteiger partial charge on any atom is -0.370 e. The Morgan fingerprint density at radius 2 is 1.81 bits per heavy atom. The highest BCUT2D eigenvalue weighted by atomic mass is 15.1. The maximum Gasteiger partial charge on any atom is 0.133 e. The summed E-state index contributed by atoms with van der Waals surface area (Å²) in [7, 11) is 0. The van der Waals surface area contributed by atoms with Gasteiger partial charge < -0.3 is 10.6 Å². The van der Waals surface area contributed by atoms with Crippen molar-refractivity contribution in [1.82, 2.24) is 15.0 Å². The predicted molar refractivity (Wildman–Crippen MR) is 86.5 cm³/mol. The molecule has 0 saturated carbocycles. The van der Waals surface area contributed by atoms with Gasteiger partial charge in [0.25, 0.3) is 0 Å². The summed E-state index contributed by atoms with van der Waals surface area (Å²) in [6, 6.07) is 6.15. The smallest absolute Gasteiger partial charge is 0.133 e. The zero-order valence-electron chi connectivity index (χ0n) is 12.9. The molecule has 2 rings (SSSR count). The van der Waals surface area contributed by atoms with Crippen molar-refractivity contribution in [3.8, 4) is 0 Å². The van der Waals surface area contributed by atoms with E-state index in [-0.39, 0.29) is 6.04 Å². The fourth-order valence-corrected chi connectivity index (χ4v) is 2.14. The summed E-state index contributed by atoms with van der Waals surface area (Å²) in [5.74, 6) is 2.61. The largest absolute Gasteiger partial charge is 0.370 e. The maximum atomic E-state index is 4.59. The van der Waals surface area contributed by atoms with E-state index in [1.54, 1.807) is 12.4 Å². The van der Waals surface area contributed by atoms with E-state index in [1.807, 2.05) is 18.2 Å². The number of hydrogen-bond donors (Lipinski definition) is 2. The van der Waals surface area contributed by atoms with Gasteiger partial charge in [0.15, 0.2) is 0 Å². The Labute approximate surface area is 126 Å². The number of anilines is 2. The highest BCUT2D eigenvalue weighted by Gasteiger charge is 2.08. The first kappa shape index (κ1) is 15.2. The normalized spacial score (nSPS) is 12.0. The summed E-state index contributed by atoms with van der Waals surface area (Å²) in [6.07, 6.45) is 5.53. The molecular weight excluding hydrogens is 262 g/mol. The van der Waals surface area contributed by atoms with E-state index in [2.05, 4.69) is 46.4 Å². The summed E-state index contributed by atoms with van der Waals surface area (Å²) >= 11 is 0. The Hall–Kier alpha value is -2.17. The van der Waals surface area contributed by atoms with Gasteiger partial charge in [-0.2, -0.15) is 0 Å². The Kier molecular flexibility index (Phi) is 5.49. The van der Waals surface area contributed by atoms with Crippen molar-refractivity contribution in [2.75, 3.05) is 17.2 Å². The Morgan fingerprint density at radius 1 is 1.10 bits per heavy atom. The lowest BCUT2D eigenvalue weighted by Gasteiger charge is -2.16. The van der Waals surface area contributed by atoms with Gasteiger partial charge in [-0.3, -0.25) is 4.98 Å². The molecule has 1 atom stereocenters. The molecule has 21 heavy (non-hydrogen) atoms. The van der Waals surface area contributed by atoms with Gasteiger partial charge in [-0.15, -0.1) is 0 Å². The van der Waals surface area contributed by atoms with E-state index in [0.717, 1.165) is 36.8 Å². The van der Waals surface area contributed by atoms with Crippen LogP contribution in [0, 0.1) is 0 Å². The Bertz CT molecular complexity index is 532. The van der Waals surface area contributed by atoms with Crippen LogP contribution in [0.1, 0.15) is 44.6 Å². The van der Waals surface area contributed by atoms with Crippen LogP contribution < -0.4 is 10.6 Å². The molecule has 0 radical (unpaired) electrons. The van der Waals surface area contributed by atoms with Crippen LogP contribution in [0.5, 0.6) is 0 Å². The maximum absolute atomic E-state index is 4.59. The van der Waals surface area contributed by atoms with Gasteiger partial charge in [0, 0.05) is 31.4 Å². The lowest BCUT2D eigenvalue weighted by Crippen LogP contribution is -2.11. The van der Waals surface area contributed by atoms with E-state index in [9.17, 15) is 0 Å². The molecule has 0 aliphatic rings. The van der Waals surface area contributed by atoms with Gasteiger partial charge >= 0.3 is 0 Å². The van der Waals surface area contributed by atoms with Crippen LogP contribution in [-0.4, -0.2) is 21.5 Å². The molecule has 2 N–H and O–H groups in total. The van der Waals surface area contributed by atoms with E-state index in [4.69, 9.17) is 0 Å². The van der Waals surface area contributed by atoms with Crippen molar-refractivity contribution in [2.45, 2.75) is 39.7 Å². The first-order chi connectivity index (χ1) is 10.2. The van der Waals surface area contributed by atoms with Crippen LogP contribution in [0.4, 0.5) is 11.6 Å². The van der Waals surface area contributed by atoms with Gasteiger partial charge in [-0.1, -0.05) is 6.92 Å². The molecule has 0 fully saturated rings. The molecule has 0 bridgehead atoms. The SMILES string of the molecule is CCCc1nc(NCC)cc(NC(C)c2ccncc2)n1. The van der Waals surface area contributed by atoms with Crippen LogP contribution in [0.3, 0.4) is 0 Å². The van der Waals surface area contributed by atoms with Crippen LogP contribution >= 0.6 is 0 Å². The topological polar surface area (TPSA) is 62.7 Å². The van der Waals surface area contributed by atoms with Crippen molar-refractivity contribution in [1.29, 1.82) is 0 Å². The minimum absolute atomic E-state index is 0.173. The van der Waals surface area contributed by atoms with Crippen molar-refractivity contribution in [3.05, 3.63) is 42.0 Å². The third kappa shape index (κ3) is 4.41. The van der Waals surface area contributed by atoms with Crippen molar-refractivity contribution in [2.24, 2.45) is 0 Å². The van der Waals surface area contributed by atoms with Gasteiger partial charge in [0.1, 0.15) is 17.5 Å². The van der Waals surface area contributed by atoms with E-state index in [1.165, 1.54) is 5.56 Å². The number of pyridine rings is 1. The number of nitrogens with zero attached hydrogens (tertiary/aromatic N) is 3. The monoisotopic (exact) mass is 285 g/mol. The fraction of sp³-hybridized carbons (Fsp3) is 0.438. The second kappa shape index (κ2) is 7.57. The van der Waals surface area contributed by atoms with Crippen LogP contribution in [0.25, 0.3) is 0 Å². The third-order valence-corrected chi connectivity index (χ3v) is 3.17. The number of aromatic nitrogens is 3. The molecular formula is C16H23N5. The molecule has 0 aromatic carbocycles. The average molecular weight is 285 g/mol. The number of aryl methyl sites for hydroxylation is 1. The first-order valence-electron chi connectivity index (χ1n) is 7.51. The Morgan fingerprint density at radius 3 is 2.48 bits per heavy atom.